The van der Waals surface area contributed by atoms with Crippen molar-refractivity contribution in [2.24, 2.45) is 12.8 Å². The van der Waals surface area contributed by atoms with Gasteiger partial charge in [0.25, 0.3) is 5.56 Å². The number of aromatic nitrogens is 7. The number of thioether (sulfide) groups is 1. The van der Waals surface area contributed by atoms with Crippen LogP contribution in [0.2, 0.25) is 0 Å². The maximum absolute atomic E-state index is 12.5. The largest absolute Gasteiger partial charge is 0.370 e. The molecule has 0 aromatic carbocycles. The molecule has 0 atom stereocenters. The van der Waals surface area contributed by atoms with Crippen molar-refractivity contribution in [2.75, 3.05) is 0 Å². The number of primary amides is 1. The van der Waals surface area contributed by atoms with Crippen molar-refractivity contribution in [1.82, 2.24) is 33.9 Å². The predicted molar refractivity (Wildman–Crippen MR) is 127 cm³/mol. The van der Waals surface area contributed by atoms with Gasteiger partial charge in [-0.1, -0.05) is 31.2 Å². The highest BCUT2D eigenvalue weighted by Gasteiger charge is 2.19. The molecule has 0 aliphatic heterocycles. The number of carbonyl (C=O) groups excluding carboxylic acids is 1. The van der Waals surface area contributed by atoms with Crippen LogP contribution in [0.15, 0.2) is 32.3 Å². The number of nitrogens with zero attached hydrogens (tertiary/aromatic N) is 6. The van der Waals surface area contributed by atoms with Gasteiger partial charge in [-0.25, -0.2) is 9.78 Å². The van der Waals surface area contributed by atoms with Crippen LogP contribution in [-0.2, 0) is 30.7 Å². The third-order valence-electron chi connectivity index (χ3n) is 5.21. The lowest BCUT2D eigenvalue weighted by molar-refractivity contribution is -0.118. The van der Waals surface area contributed by atoms with E-state index in [1.54, 1.807) is 11.6 Å². The van der Waals surface area contributed by atoms with Crippen molar-refractivity contribution < 1.29 is 4.79 Å². The molecule has 11 nitrogen and oxygen atoms in total. The summed E-state index contributed by atoms with van der Waals surface area (Å²) in [5, 5.41) is 11.2. The summed E-state index contributed by atoms with van der Waals surface area (Å²) in [5.41, 5.74) is 5.18. The molecular formula is C20H24N8O3S2. The Morgan fingerprint density at radius 2 is 2.06 bits per heavy atom. The van der Waals surface area contributed by atoms with Crippen molar-refractivity contribution in [3.63, 3.8) is 0 Å². The number of hydrogen-bond acceptors (Lipinski definition) is 8. The summed E-state index contributed by atoms with van der Waals surface area (Å²) in [6.45, 7) is 2.88. The molecule has 4 heterocycles. The van der Waals surface area contributed by atoms with E-state index in [9.17, 15) is 14.4 Å². The predicted octanol–water partition coefficient (Wildman–Crippen LogP) is 1.71. The van der Waals surface area contributed by atoms with Crippen molar-refractivity contribution >= 4 is 40.2 Å². The zero-order valence-electron chi connectivity index (χ0n) is 18.3. The van der Waals surface area contributed by atoms with E-state index < -0.39 is 17.2 Å². The number of thiophene rings is 1. The fourth-order valence-corrected chi connectivity index (χ4v) is 5.15. The zero-order valence-corrected chi connectivity index (χ0v) is 19.9. The standard InChI is InChI=1S/C20H24N8O3S2/c1-3-4-8-27-17-15(18(30)23-19(27)31)26(2)14(22-17)11-33-20-25-24-16(12-6-5-10-32-12)28(20)9-7-13(21)29/h5-6,10H,3-4,7-9,11H2,1-2H3,(H2,21,29)(H,23,30,31). The number of amides is 1. The first-order valence-corrected chi connectivity index (χ1v) is 12.3. The number of fused-ring (bicyclic) bond motifs is 1. The Hall–Kier alpha value is -3.19. The van der Waals surface area contributed by atoms with Gasteiger partial charge in [-0.05, 0) is 17.9 Å². The number of aromatic amines is 1. The number of imidazole rings is 1. The molecule has 4 rings (SSSR count). The highest BCUT2D eigenvalue weighted by molar-refractivity contribution is 7.98. The van der Waals surface area contributed by atoms with Gasteiger partial charge >= 0.3 is 5.69 Å². The van der Waals surface area contributed by atoms with E-state index in [4.69, 9.17) is 5.73 Å². The average molecular weight is 489 g/mol. The smallest absolute Gasteiger partial charge is 0.330 e. The fourth-order valence-electron chi connectivity index (χ4n) is 3.48. The van der Waals surface area contributed by atoms with Crippen LogP contribution in [0.5, 0.6) is 0 Å². The van der Waals surface area contributed by atoms with Gasteiger partial charge in [0.2, 0.25) is 5.91 Å². The number of hydrogen-bond donors (Lipinski definition) is 2. The van der Waals surface area contributed by atoms with Crippen LogP contribution >= 0.6 is 23.1 Å². The second-order valence-corrected chi connectivity index (χ2v) is 9.35. The molecule has 4 aromatic heterocycles. The van der Waals surface area contributed by atoms with E-state index in [2.05, 4.69) is 20.2 Å². The number of unbranched alkanes of at least 4 members (excludes halogenated alkanes) is 1. The summed E-state index contributed by atoms with van der Waals surface area (Å²) in [6.07, 6.45) is 1.88. The van der Waals surface area contributed by atoms with Crippen molar-refractivity contribution in [3.8, 4) is 10.7 Å². The minimum Gasteiger partial charge on any atom is -0.370 e. The van der Waals surface area contributed by atoms with Gasteiger partial charge in [-0.2, -0.15) is 0 Å². The molecule has 0 unspecified atom stereocenters. The van der Waals surface area contributed by atoms with Crippen LogP contribution in [-0.4, -0.2) is 39.8 Å². The molecule has 0 aliphatic carbocycles. The third-order valence-corrected chi connectivity index (χ3v) is 7.04. The summed E-state index contributed by atoms with van der Waals surface area (Å²) in [5.74, 6) is 1.28. The highest BCUT2D eigenvalue weighted by Crippen LogP contribution is 2.29. The fraction of sp³-hybridized carbons (Fsp3) is 0.400. The van der Waals surface area contributed by atoms with Gasteiger partial charge in [0.05, 0.1) is 10.6 Å². The van der Waals surface area contributed by atoms with Crippen molar-refractivity contribution in [2.45, 2.75) is 50.2 Å². The SMILES string of the molecule is CCCCn1c(=O)[nH]c(=O)c2c1nc(CSc1nnc(-c3cccs3)n1CCC(N)=O)n2C. The maximum Gasteiger partial charge on any atom is 0.330 e. The summed E-state index contributed by atoms with van der Waals surface area (Å²) in [6, 6.07) is 3.87. The van der Waals surface area contributed by atoms with E-state index >= 15 is 0 Å². The van der Waals surface area contributed by atoms with Crippen molar-refractivity contribution in [3.05, 3.63) is 44.2 Å². The van der Waals surface area contributed by atoms with E-state index in [0.29, 0.717) is 46.8 Å². The summed E-state index contributed by atoms with van der Waals surface area (Å²) in [7, 11) is 1.75. The average Bonchev–Trinajstić information content (AvgIpc) is 3.49. The van der Waals surface area contributed by atoms with Gasteiger partial charge < -0.3 is 14.9 Å². The molecule has 0 aliphatic rings. The second kappa shape index (κ2) is 9.75. The quantitative estimate of drug-likeness (QED) is 0.323. The molecule has 0 saturated heterocycles. The molecule has 0 spiro atoms. The molecule has 1 amide bonds. The van der Waals surface area contributed by atoms with Gasteiger partial charge in [-0.15, -0.1) is 21.5 Å². The van der Waals surface area contributed by atoms with Gasteiger partial charge in [-0.3, -0.25) is 19.1 Å². The number of nitrogens with two attached hydrogens (primary N) is 1. The van der Waals surface area contributed by atoms with E-state index in [1.165, 1.54) is 27.7 Å². The van der Waals surface area contributed by atoms with E-state index in [-0.39, 0.29) is 6.42 Å². The van der Waals surface area contributed by atoms with Gasteiger partial charge in [0.1, 0.15) is 5.82 Å². The second-order valence-electron chi connectivity index (χ2n) is 7.46. The van der Waals surface area contributed by atoms with E-state index in [0.717, 1.165) is 17.7 Å². The molecule has 0 saturated carbocycles. The first-order valence-electron chi connectivity index (χ1n) is 10.5. The zero-order chi connectivity index (χ0) is 23.5. The lowest BCUT2D eigenvalue weighted by Crippen LogP contribution is -2.31. The summed E-state index contributed by atoms with van der Waals surface area (Å²) in [4.78, 5) is 44.1. The normalized spacial score (nSPS) is 11.5. The van der Waals surface area contributed by atoms with Crippen molar-refractivity contribution in [1.29, 1.82) is 0 Å². The molecule has 0 radical (unpaired) electrons. The maximum atomic E-state index is 12.5. The Bertz CT molecular complexity index is 1400. The first-order chi connectivity index (χ1) is 15.9. The Labute approximate surface area is 196 Å². The van der Waals surface area contributed by atoms with E-state index in [1.807, 2.05) is 29.0 Å². The van der Waals surface area contributed by atoms with Crippen LogP contribution in [0, 0.1) is 0 Å². The number of rotatable bonds is 10. The third kappa shape index (κ3) is 4.64. The lowest BCUT2D eigenvalue weighted by Gasteiger charge is -2.08. The molecule has 3 N–H and O–H groups in total. The van der Waals surface area contributed by atoms with Gasteiger partial charge in [0, 0.05) is 26.6 Å². The molecule has 13 heteroatoms. The molecule has 33 heavy (non-hydrogen) atoms. The number of carbonyl (C=O) groups is 1. The molecular weight excluding hydrogens is 464 g/mol. The molecule has 0 bridgehead atoms. The summed E-state index contributed by atoms with van der Waals surface area (Å²) < 4.78 is 5.08. The minimum absolute atomic E-state index is 0.162. The Morgan fingerprint density at radius 1 is 1.24 bits per heavy atom. The van der Waals surface area contributed by atoms with Crippen LogP contribution in [0.4, 0.5) is 0 Å². The lowest BCUT2D eigenvalue weighted by atomic mass is 10.3. The molecule has 4 aromatic rings. The van der Waals surface area contributed by atoms with Crippen LogP contribution < -0.4 is 17.0 Å². The topological polar surface area (TPSA) is 146 Å². The Balaban J connectivity index is 1.67. The van der Waals surface area contributed by atoms with Crippen LogP contribution in [0.25, 0.3) is 21.9 Å². The van der Waals surface area contributed by atoms with Crippen LogP contribution in [0.1, 0.15) is 32.0 Å². The number of aryl methyl sites for hydroxylation is 2. The Kier molecular flexibility index (Phi) is 6.79. The van der Waals surface area contributed by atoms with Gasteiger partial charge in [0.15, 0.2) is 22.1 Å². The minimum atomic E-state index is -0.460. The Morgan fingerprint density at radius 3 is 2.76 bits per heavy atom. The molecule has 174 valence electrons. The summed E-state index contributed by atoms with van der Waals surface area (Å²) >= 11 is 2.92. The highest BCUT2D eigenvalue weighted by atomic mass is 32.2. The monoisotopic (exact) mass is 488 g/mol. The number of H-pyrrole nitrogens is 1. The molecule has 0 fully saturated rings. The number of nitrogens with one attached hydrogen (secondary N) is 1. The van der Waals surface area contributed by atoms with Crippen LogP contribution in [0.3, 0.4) is 0 Å². The first kappa shape index (κ1) is 23.0.